The number of nitrogens with one attached hydrogen (secondary N) is 1. The van der Waals surface area contributed by atoms with E-state index in [2.05, 4.69) is 5.32 Å². The van der Waals surface area contributed by atoms with E-state index in [1.807, 2.05) is 31.2 Å². The van der Waals surface area contributed by atoms with Gasteiger partial charge >= 0.3 is 0 Å². The number of hydrogen-bond acceptors (Lipinski definition) is 2. The molecule has 0 saturated heterocycles. The molecule has 106 valence electrons. The zero-order chi connectivity index (χ0) is 14.1. The van der Waals surface area contributed by atoms with Crippen LogP contribution in [0.4, 0.5) is 0 Å². The zero-order valence-corrected chi connectivity index (χ0v) is 12.1. The van der Waals surface area contributed by atoms with Gasteiger partial charge in [-0.3, -0.25) is 4.79 Å². The smallest absolute Gasteiger partial charge is 0.220 e. The lowest BCUT2D eigenvalue weighted by Gasteiger charge is -2.08. The van der Waals surface area contributed by atoms with Gasteiger partial charge in [0.2, 0.25) is 5.91 Å². The third-order valence-corrected chi connectivity index (χ3v) is 3.31. The fourth-order valence-corrected chi connectivity index (χ4v) is 1.90. The standard InChI is InChI=1S/C15H22ClNO2/c1-2-14(18)10-11-17-15(19)5-3-4-12-6-8-13(16)9-7-12/h6-9,14,18H,2-5,10-11H2,1H3,(H,17,19). The Kier molecular flexibility index (Phi) is 7.53. The van der Waals surface area contributed by atoms with Crippen molar-refractivity contribution in [2.24, 2.45) is 0 Å². The minimum Gasteiger partial charge on any atom is -0.393 e. The van der Waals surface area contributed by atoms with Crippen LogP contribution in [0.15, 0.2) is 24.3 Å². The average molecular weight is 284 g/mol. The van der Waals surface area contributed by atoms with E-state index in [4.69, 9.17) is 11.6 Å². The van der Waals surface area contributed by atoms with Crippen LogP contribution >= 0.6 is 11.6 Å². The number of aliphatic hydroxyl groups excluding tert-OH is 1. The second-order valence-electron chi connectivity index (χ2n) is 4.68. The largest absolute Gasteiger partial charge is 0.393 e. The predicted molar refractivity (Wildman–Crippen MR) is 78.3 cm³/mol. The van der Waals surface area contributed by atoms with Crippen molar-refractivity contribution in [2.45, 2.75) is 45.1 Å². The minimum atomic E-state index is -0.311. The highest BCUT2D eigenvalue weighted by Crippen LogP contribution is 2.11. The van der Waals surface area contributed by atoms with Gasteiger partial charge in [0.1, 0.15) is 0 Å². The first-order chi connectivity index (χ1) is 9.11. The van der Waals surface area contributed by atoms with Crippen LogP contribution in [0.2, 0.25) is 5.02 Å². The Hall–Kier alpha value is -1.06. The molecule has 1 rings (SSSR count). The maximum atomic E-state index is 11.5. The van der Waals surface area contributed by atoms with Gasteiger partial charge in [0, 0.05) is 18.0 Å². The lowest BCUT2D eigenvalue weighted by atomic mass is 10.1. The molecule has 19 heavy (non-hydrogen) atoms. The number of amides is 1. The van der Waals surface area contributed by atoms with Crippen molar-refractivity contribution in [3.05, 3.63) is 34.9 Å². The molecule has 1 atom stereocenters. The zero-order valence-electron chi connectivity index (χ0n) is 11.4. The number of hydrogen-bond donors (Lipinski definition) is 2. The maximum absolute atomic E-state index is 11.5. The molecule has 1 aromatic rings. The maximum Gasteiger partial charge on any atom is 0.220 e. The molecule has 0 bridgehead atoms. The molecule has 2 N–H and O–H groups in total. The van der Waals surface area contributed by atoms with E-state index in [9.17, 15) is 9.90 Å². The predicted octanol–water partition coefficient (Wildman–Crippen LogP) is 2.94. The van der Waals surface area contributed by atoms with E-state index in [1.165, 1.54) is 5.56 Å². The molecule has 1 unspecified atom stereocenters. The molecule has 0 aliphatic rings. The van der Waals surface area contributed by atoms with Crippen LogP contribution in [0.3, 0.4) is 0 Å². The third-order valence-electron chi connectivity index (χ3n) is 3.05. The molecule has 1 amide bonds. The second-order valence-corrected chi connectivity index (χ2v) is 5.12. The van der Waals surface area contributed by atoms with Gasteiger partial charge in [-0.2, -0.15) is 0 Å². The fraction of sp³-hybridized carbons (Fsp3) is 0.533. The molecule has 0 aliphatic carbocycles. The number of aliphatic hydroxyl groups is 1. The number of carbonyl (C=O) groups excluding carboxylic acids is 1. The lowest BCUT2D eigenvalue weighted by molar-refractivity contribution is -0.121. The third kappa shape index (κ3) is 7.19. The summed E-state index contributed by atoms with van der Waals surface area (Å²) in [5.41, 5.74) is 1.19. The topological polar surface area (TPSA) is 49.3 Å². The Labute approximate surface area is 120 Å². The van der Waals surface area contributed by atoms with Crippen LogP contribution in [0.5, 0.6) is 0 Å². The van der Waals surface area contributed by atoms with E-state index in [0.29, 0.717) is 19.4 Å². The summed E-state index contributed by atoms with van der Waals surface area (Å²) in [5, 5.41) is 12.9. The van der Waals surface area contributed by atoms with Crippen LogP contribution in [-0.2, 0) is 11.2 Å². The first-order valence-electron chi connectivity index (χ1n) is 6.81. The monoisotopic (exact) mass is 283 g/mol. The van der Waals surface area contributed by atoms with Crippen LogP contribution < -0.4 is 5.32 Å². The molecule has 0 aromatic heterocycles. The molecular weight excluding hydrogens is 262 g/mol. The molecule has 1 aromatic carbocycles. The normalized spacial score (nSPS) is 12.2. The van der Waals surface area contributed by atoms with E-state index in [-0.39, 0.29) is 12.0 Å². The number of aryl methyl sites for hydroxylation is 1. The summed E-state index contributed by atoms with van der Waals surface area (Å²) in [5.74, 6) is 0.0530. The summed E-state index contributed by atoms with van der Waals surface area (Å²) in [6.45, 7) is 2.48. The highest BCUT2D eigenvalue weighted by molar-refractivity contribution is 6.30. The summed E-state index contributed by atoms with van der Waals surface area (Å²) >= 11 is 5.81. The van der Waals surface area contributed by atoms with Gasteiger partial charge in [-0.05, 0) is 43.4 Å². The minimum absolute atomic E-state index is 0.0530. The van der Waals surface area contributed by atoms with Crippen molar-refractivity contribution in [1.29, 1.82) is 0 Å². The summed E-state index contributed by atoms with van der Waals surface area (Å²) in [4.78, 5) is 11.5. The summed E-state index contributed by atoms with van der Waals surface area (Å²) in [6.07, 6.45) is 3.26. The average Bonchev–Trinajstić information content (AvgIpc) is 2.41. The number of carbonyl (C=O) groups is 1. The van der Waals surface area contributed by atoms with Gasteiger partial charge in [-0.15, -0.1) is 0 Å². The lowest BCUT2D eigenvalue weighted by Crippen LogP contribution is -2.26. The van der Waals surface area contributed by atoms with Gasteiger partial charge in [-0.25, -0.2) is 0 Å². The van der Waals surface area contributed by atoms with Crippen molar-refractivity contribution in [2.75, 3.05) is 6.54 Å². The van der Waals surface area contributed by atoms with E-state index in [1.54, 1.807) is 0 Å². The van der Waals surface area contributed by atoms with Crippen molar-refractivity contribution in [3.63, 3.8) is 0 Å². The summed E-state index contributed by atoms with van der Waals surface area (Å²) in [7, 11) is 0. The van der Waals surface area contributed by atoms with Crippen molar-refractivity contribution >= 4 is 17.5 Å². The molecule has 0 heterocycles. The first kappa shape index (κ1) is 16.0. The Morgan fingerprint density at radius 3 is 2.68 bits per heavy atom. The van der Waals surface area contributed by atoms with Crippen LogP contribution in [-0.4, -0.2) is 23.7 Å². The highest BCUT2D eigenvalue weighted by Gasteiger charge is 2.04. The molecular formula is C15H22ClNO2. The van der Waals surface area contributed by atoms with E-state index < -0.39 is 0 Å². The van der Waals surface area contributed by atoms with Crippen molar-refractivity contribution in [3.8, 4) is 0 Å². The molecule has 0 fully saturated rings. The Bertz CT molecular complexity index is 378. The number of rotatable bonds is 8. The van der Waals surface area contributed by atoms with Crippen LogP contribution in [0.25, 0.3) is 0 Å². The van der Waals surface area contributed by atoms with Gasteiger partial charge in [-0.1, -0.05) is 30.7 Å². The van der Waals surface area contributed by atoms with Gasteiger partial charge in [0.15, 0.2) is 0 Å². The molecule has 0 spiro atoms. The Morgan fingerprint density at radius 1 is 1.37 bits per heavy atom. The molecule has 4 heteroatoms. The highest BCUT2D eigenvalue weighted by atomic mass is 35.5. The number of halogens is 1. The van der Waals surface area contributed by atoms with E-state index >= 15 is 0 Å². The van der Waals surface area contributed by atoms with Gasteiger partial charge in [0.05, 0.1) is 6.10 Å². The van der Waals surface area contributed by atoms with E-state index in [0.717, 1.165) is 24.3 Å². The van der Waals surface area contributed by atoms with Crippen molar-refractivity contribution in [1.82, 2.24) is 5.32 Å². The molecule has 0 radical (unpaired) electrons. The van der Waals surface area contributed by atoms with Crippen LogP contribution in [0.1, 0.15) is 38.2 Å². The first-order valence-corrected chi connectivity index (χ1v) is 7.18. The summed E-state index contributed by atoms with van der Waals surface area (Å²) < 4.78 is 0. The molecule has 0 aliphatic heterocycles. The van der Waals surface area contributed by atoms with Gasteiger partial charge in [0.25, 0.3) is 0 Å². The number of benzene rings is 1. The molecule has 3 nitrogen and oxygen atoms in total. The Morgan fingerprint density at radius 2 is 2.05 bits per heavy atom. The van der Waals surface area contributed by atoms with Crippen molar-refractivity contribution < 1.29 is 9.90 Å². The quantitative estimate of drug-likeness (QED) is 0.771. The Balaban J connectivity index is 2.11. The fourth-order valence-electron chi connectivity index (χ4n) is 1.77. The SMILES string of the molecule is CCC(O)CCNC(=O)CCCc1ccc(Cl)cc1. The second kappa shape index (κ2) is 8.94. The molecule has 0 saturated carbocycles. The van der Waals surface area contributed by atoms with Gasteiger partial charge < -0.3 is 10.4 Å². The van der Waals surface area contributed by atoms with Crippen LogP contribution in [0, 0.1) is 0 Å². The summed E-state index contributed by atoms with van der Waals surface area (Å²) in [6, 6.07) is 7.70.